The minimum Gasteiger partial charge on any atom is -0.309 e. The Labute approximate surface area is 293 Å². The molecule has 2 aromatic heterocycles. The highest BCUT2D eigenvalue weighted by Crippen LogP contribution is 2.48. The van der Waals surface area contributed by atoms with Crippen LogP contribution in [-0.2, 0) is 0 Å². The molecule has 0 aliphatic heterocycles. The molecule has 236 valence electrons. The summed E-state index contributed by atoms with van der Waals surface area (Å²) in [6.45, 7) is 0. The molecule has 2 heterocycles. The molecule has 0 aliphatic carbocycles. The van der Waals surface area contributed by atoms with Crippen LogP contribution in [0.15, 0.2) is 176 Å². The van der Waals surface area contributed by atoms with Crippen molar-refractivity contribution in [2.24, 2.45) is 0 Å². The normalized spacial score (nSPS) is 11.9. The summed E-state index contributed by atoms with van der Waals surface area (Å²) in [5.41, 5.74) is 7.37. The number of para-hydroxylation sites is 1. The quantitative estimate of drug-likeness (QED) is 0.179. The molecule has 0 amide bonds. The number of hydrogen-bond acceptors (Lipinski definition) is 2. The molecule has 0 saturated carbocycles. The Morgan fingerprint density at radius 2 is 0.882 bits per heavy atom. The Kier molecular flexibility index (Phi) is 5.96. The summed E-state index contributed by atoms with van der Waals surface area (Å²) in [5, 5.41) is 13.8. The van der Waals surface area contributed by atoms with Gasteiger partial charge < -0.3 is 4.57 Å². The molecular formula is C48H29N3. The van der Waals surface area contributed by atoms with Crippen LogP contribution in [0.25, 0.3) is 104 Å². The molecule has 0 atom stereocenters. The van der Waals surface area contributed by atoms with Crippen molar-refractivity contribution in [1.82, 2.24) is 14.5 Å². The van der Waals surface area contributed by atoms with Crippen LogP contribution in [0.4, 0.5) is 0 Å². The van der Waals surface area contributed by atoms with Gasteiger partial charge in [-0.1, -0.05) is 152 Å². The Hall–Kier alpha value is -6.84. The average molecular weight is 648 g/mol. The molecule has 3 nitrogen and oxygen atoms in total. The van der Waals surface area contributed by atoms with Crippen LogP contribution in [0.3, 0.4) is 0 Å². The number of hydrogen-bond donors (Lipinski definition) is 0. The fraction of sp³-hybridized carbons (Fsp3) is 0. The molecule has 0 saturated heterocycles. The van der Waals surface area contributed by atoms with Crippen molar-refractivity contribution in [3.05, 3.63) is 176 Å². The van der Waals surface area contributed by atoms with Crippen molar-refractivity contribution < 1.29 is 0 Å². The van der Waals surface area contributed by atoms with E-state index in [0.717, 1.165) is 39.2 Å². The standard InChI is InChI=1S/C48H29N3/c1-3-15-30(16-4-1)46-40-29-32(27-28-41(40)49-48(50-46)31-17-5-2-6-18-31)51-42-26-14-13-25-39(42)45-44-36-22-10-8-20-34(36)33-19-7-9-21-35(33)43(44)37-23-11-12-24-38(37)47(45)51/h1-29H. The van der Waals surface area contributed by atoms with Crippen LogP contribution in [0.2, 0.25) is 0 Å². The molecule has 11 rings (SSSR count). The van der Waals surface area contributed by atoms with Crippen LogP contribution < -0.4 is 0 Å². The van der Waals surface area contributed by atoms with Crippen LogP contribution in [0.1, 0.15) is 0 Å². The maximum absolute atomic E-state index is 5.22. The van der Waals surface area contributed by atoms with Gasteiger partial charge in [0.25, 0.3) is 0 Å². The first kappa shape index (κ1) is 28.0. The molecule has 0 spiro atoms. The first-order valence-corrected chi connectivity index (χ1v) is 17.4. The summed E-state index contributed by atoms with van der Waals surface area (Å²) in [7, 11) is 0. The van der Waals surface area contributed by atoms with Gasteiger partial charge in [0, 0.05) is 43.7 Å². The lowest BCUT2D eigenvalue weighted by Crippen LogP contribution is -1.99. The molecule has 51 heavy (non-hydrogen) atoms. The zero-order chi connectivity index (χ0) is 33.5. The van der Waals surface area contributed by atoms with Crippen LogP contribution in [0, 0.1) is 0 Å². The zero-order valence-corrected chi connectivity index (χ0v) is 27.6. The van der Waals surface area contributed by atoms with Crippen molar-refractivity contribution in [1.29, 1.82) is 0 Å². The fourth-order valence-electron chi connectivity index (χ4n) is 8.39. The third-order valence-electron chi connectivity index (χ3n) is 10.5. The SMILES string of the molecule is c1ccc(-c2nc(-c3ccccc3)c3cc(-n4c5ccccc5c5c6c7ccccc7c7ccccc7c6c6ccccc6c54)ccc3n2)cc1. The van der Waals surface area contributed by atoms with Gasteiger partial charge in [0.1, 0.15) is 0 Å². The van der Waals surface area contributed by atoms with E-state index >= 15 is 0 Å². The van der Waals surface area contributed by atoms with Crippen LogP contribution in [0.5, 0.6) is 0 Å². The highest BCUT2D eigenvalue weighted by Gasteiger charge is 2.22. The molecule has 0 unspecified atom stereocenters. The molecule has 11 aromatic rings. The lowest BCUT2D eigenvalue weighted by molar-refractivity contribution is 1.18. The molecule has 0 N–H and O–H groups in total. The fourth-order valence-corrected chi connectivity index (χ4v) is 8.39. The second-order valence-electron chi connectivity index (χ2n) is 13.3. The van der Waals surface area contributed by atoms with E-state index in [0.29, 0.717) is 0 Å². The highest BCUT2D eigenvalue weighted by atomic mass is 15.0. The third kappa shape index (κ3) is 4.06. The van der Waals surface area contributed by atoms with E-state index in [1.54, 1.807) is 0 Å². The highest BCUT2D eigenvalue weighted by molar-refractivity contribution is 6.42. The van der Waals surface area contributed by atoms with Gasteiger partial charge in [0.2, 0.25) is 0 Å². The Bertz CT molecular complexity index is 3180. The maximum Gasteiger partial charge on any atom is 0.160 e. The summed E-state index contributed by atoms with van der Waals surface area (Å²) in [4.78, 5) is 10.3. The molecule has 3 heteroatoms. The Morgan fingerprint density at radius 3 is 1.57 bits per heavy atom. The van der Waals surface area contributed by atoms with Gasteiger partial charge in [-0.3, -0.25) is 0 Å². The van der Waals surface area contributed by atoms with E-state index in [9.17, 15) is 0 Å². The van der Waals surface area contributed by atoms with Gasteiger partial charge in [0.05, 0.1) is 22.2 Å². The van der Waals surface area contributed by atoms with Gasteiger partial charge >= 0.3 is 0 Å². The van der Waals surface area contributed by atoms with Gasteiger partial charge in [-0.25, -0.2) is 9.97 Å². The van der Waals surface area contributed by atoms with Gasteiger partial charge in [-0.05, 0) is 56.6 Å². The van der Waals surface area contributed by atoms with E-state index in [1.165, 1.54) is 64.9 Å². The van der Waals surface area contributed by atoms with E-state index in [2.05, 4.69) is 162 Å². The Balaban J connectivity index is 1.32. The zero-order valence-electron chi connectivity index (χ0n) is 27.6. The first-order valence-electron chi connectivity index (χ1n) is 17.4. The third-order valence-corrected chi connectivity index (χ3v) is 10.5. The molecule has 0 bridgehead atoms. The maximum atomic E-state index is 5.22. The summed E-state index contributed by atoms with van der Waals surface area (Å²) < 4.78 is 2.47. The monoisotopic (exact) mass is 647 g/mol. The van der Waals surface area contributed by atoms with Crippen molar-refractivity contribution >= 4 is 75.8 Å². The van der Waals surface area contributed by atoms with E-state index < -0.39 is 0 Å². The largest absolute Gasteiger partial charge is 0.309 e. The summed E-state index contributed by atoms with van der Waals surface area (Å²) in [6, 6.07) is 63.0. The van der Waals surface area contributed by atoms with E-state index in [1.807, 2.05) is 18.2 Å². The minimum absolute atomic E-state index is 0.725. The van der Waals surface area contributed by atoms with Gasteiger partial charge in [0.15, 0.2) is 5.82 Å². The molecule has 0 aliphatic rings. The lowest BCUT2D eigenvalue weighted by Gasteiger charge is -2.17. The summed E-state index contributed by atoms with van der Waals surface area (Å²) in [5.74, 6) is 0.725. The first-order chi connectivity index (χ1) is 25.3. The number of rotatable bonds is 3. The van der Waals surface area contributed by atoms with Crippen molar-refractivity contribution in [2.75, 3.05) is 0 Å². The van der Waals surface area contributed by atoms with E-state index in [4.69, 9.17) is 9.97 Å². The number of fused-ring (bicyclic) bond motifs is 14. The average Bonchev–Trinajstić information content (AvgIpc) is 3.56. The second-order valence-corrected chi connectivity index (χ2v) is 13.3. The van der Waals surface area contributed by atoms with Crippen molar-refractivity contribution in [3.8, 4) is 28.3 Å². The molecule has 0 radical (unpaired) electrons. The van der Waals surface area contributed by atoms with Crippen molar-refractivity contribution in [2.45, 2.75) is 0 Å². The lowest BCUT2D eigenvalue weighted by atomic mass is 9.88. The second kappa shape index (κ2) is 10.8. The summed E-state index contributed by atoms with van der Waals surface area (Å²) >= 11 is 0. The van der Waals surface area contributed by atoms with Crippen molar-refractivity contribution in [3.63, 3.8) is 0 Å². The molecule has 0 fully saturated rings. The van der Waals surface area contributed by atoms with Gasteiger partial charge in [-0.15, -0.1) is 0 Å². The smallest absolute Gasteiger partial charge is 0.160 e. The predicted octanol–water partition coefficient (Wildman–Crippen LogP) is 12.7. The molecule has 9 aromatic carbocycles. The minimum atomic E-state index is 0.725. The number of benzene rings is 9. The Morgan fingerprint density at radius 1 is 0.353 bits per heavy atom. The molecular weight excluding hydrogens is 619 g/mol. The number of aromatic nitrogens is 3. The van der Waals surface area contributed by atoms with Crippen LogP contribution in [-0.4, -0.2) is 14.5 Å². The number of nitrogens with zero attached hydrogens (tertiary/aromatic N) is 3. The van der Waals surface area contributed by atoms with E-state index in [-0.39, 0.29) is 0 Å². The summed E-state index contributed by atoms with van der Waals surface area (Å²) in [6.07, 6.45) is 0. The van der Waals surface area contributed by atoms with Gasteiger partial charge in [-0.2, -0.15) is 0 Å². The van der Waals surface area contributed by atoms with Crippen LogP contribution >= 0.6 is 0 Å². The topological polar surface area (TPSA) is 30.7 Å². The predicted molar refractivity (Wildman–Crippen MR) is 215 cm³/mol.